The van der Waals surface area contributed by atoms with Gasteiger partial charge in [0.15, 0.2) is 0 Å². The van der Waals surface area contributed by atoms with Gasteiger partial charge in [0.05, 0.1) is 18.9 Å². The van der Waals surface area contributed by atoms with E-state index < -0.39 is 5.91 Å². The monoisotopic (exact) mass is 492 g/mol. The van der Waals surface area contributed by atoms with E-state index in [-0.39, 0.29) is 5.57 Å². The van der Waals surface area contributed by atoms with Gasteiger partial charge >= 0.3 is 0 Å². The summed E-state index contributed by atoms with van der Waals surface area (Å²) in [5, 5.41) is 17.4. The van der Waals surface area contributed by atoms with Crippen molar-refractivity contribution >= 4 is 17.7 Å². The fourth-order valence-electron chi connectivity index (χ4n) is 3.88. The molecular formula is C30H28N4O3. The third kappa shape index (κ3) is 6.06. The summed E-state index contributed by atoms with van der Waals surface area (Å²) >= 11 is 0. The molecule has 0 bridgehead atoms. The maximum Gasteiger partial charge on any atom is 0.266 e. The second-order valence-corrected chi connectivity index (χ2v) is 8.20. The van der Waals surface area contributed by atoms with E-state index in [0.29, 0.717) is 35.9 Å². The summed E-state index contributed by atoms with van der Waals surface area (Å²) < 4.78 is 12.8. The number of benzene rings is 3. The van der Waals surface area contributed by atoms with Gasteiger partial charge in [-0.05, 0) is 87.0 Å². The van der Waals surface area contributed by atoms with Crippen LogP contribution >= 0.6 is 0 Å². The fraction of sp³-hybridized carbons (Fsp3) is 0.167. The van der Waals surface area contributed by atoms with E-state index in [2.05, 4.69) is 5.32 Å². The summed E-state index contributed by atoms with van der Waals surface area (Å²) in [5.74, 6) is 0.976. The molecule has 7 heteroatoms. The Labute approximate surface area is 216 Å². The molecule has 1 N–H and O–H groups in total. The van der Waals surface area contributed by atoms with E-state index in [0.717, 1.165) is 22.6 Å². The minimum absolute atomic E-state index is 0.0358. The molecule has 186 valence electrons. The smallest absolute Gasteiger partial charge is 0.266 e. The molecule has 0 aliphatic heterocycles. The number of hydrogen-bond donors (Lipinski definition) is 1. The van der Waals surface area contributed by atoms with Gasteiger partial charge in [-0.1, -0.05) is 18.2 Å². The Hall–Kier alpha value is -4.83. The Morgan fingerprint density at radius 2 is 1.68 bits per heavy atom. The Bertz CT molecular complexity index is 1450. The van der Waals surface area contributed by atoms with Gasteiger partial charge in [0.1, 0.15) is 28.8 Å². The van der Waals surface area contributed by atoms with Crippen molar-refractivity contribution in [2.24, 2.45) is 0 Å². The van der Waals surface area contributed by atoms with Crippen molar-refractivity contribution in [2.45, 2.75) is 20.8 Å². The lowest BCUT2D eigenvalue weighted by molar-refractivity contribution is -0.112. The summed E-state index contributed by atoms with van der Waals surface area (Å²) in [7, 11) is 0. The number of anilines is 1. The predicted molar refractivity (Wildman–Crippen MR) is 145 cm³/mol. The highest BCUT2D eigenvalue weighted by Gasteiger charge is 2.17. The summed E-state index contributed by atoms with van der Waals surface area (Å²) in [6.07, 6.45) is 3.39. The van der Waals surface area contributed by atoms with Gasteiger partial charge in [-0.25, -0.2) is 4.68 Å². The third-order valence-electron chi connectivity index (χ3n) is 5.62. The number of hydrogen-bond acceptors (Lipinski definition) is 5. The van der Waals surface area contributed by atoms with Crippen molar-refractivity contribution in [1.29, 1.82) is 5.26 Å². The number of aromatic nitrogens is 2. The lowest BCUT2D eigenvalue weighted by Crippen LogP contribution is -2.13. The average Bonchev–Trinajstić information content (AvgIpc) is 3.33. The van der Waals surface area contributed by atoms with Crippen LogP contribution in [0.4, 0.5) is 5.69 Å². The van der Waals surface area contributed by atoms with Crippen LogP contribution in [0.3, 0.4) is 0 Å². The second kappa shape index (κ2) is 11.7. The molecule has 0 unspecified atom stereocenters. The van der Waals surface area contributed by atoms with Crippen LogP contribution in [0.25, 0.3) is 23.0 Å². The van der Waals surface area contributed by atoms with Crippen LogP contribution in [-0.2, 0) is 4.79 Å². The molecule has 0 saturated carbocycles. The highest BCUT2D eigenvalue weighted by atomic mass is 16.5. The molecule has 0 radical (unpaired) electrons. The number of para-hydroxylation sites is 1. The number of amides is 1. The van der Waals surface area contributed by atoms with E-state index in [1.165, 1.54) is 0 Å². The molecule has 1 aromatic heterocycles. The van der Waals surface area contributed by atoms with E-state index >= 15 is 0 Å². The summed E-state index contributed by atoms with van der Waals surface area (Å²) in [4.78, 5) is 13.0. The van der Waals surface area contributed by atoms with Crippen molar-refractivity contribution in [2.75, 3.05) is 18.5 Å². The Morgan fingerprint density at radius 1 is 1.00 bits per heavy atom. The minimum atomic E-state index is -0.506. The number of ether oxygens (including phenoxy) is 2. The molecule has 37 heavy (non-hydrogen) atoms. The molecule has 3 aromatic carbocycles. The van der Waals surface area contributed by atoms with Crippen LogP contribution in [0.1, 0.15) is 25.0 Å². The lowest BCUT2D eigenvalue weighted by atomic mass is 10.0. The summed E-state index contributed by atoms with van der Waals surface area (Å²) in [6.45, 7) is 6.96. The van der Waals surface area contributed by atoms with Crippen molar-refractivity contribution in [3.63, 3.8) is 0 Å². The van der Waals surface area contributed by atoms with Crippen LogP contribution in [0.15, 0.2) is 84.6 Å². The Balaban J connectivity index is 1.71. The molecule has 7 nitrogen and oxygen atoms in total. The van der Waals surface area contributed by atoms with E-state index in [4.69, 9.17) is 14.6 Å². The first-order valence-corrected chi connectivity index (χ1v) is 12.1. The van der Waals surface area contributed by atoms with Crippen LogP contribution in [0, 0.1) is 18.3 Å². The van der Waals surface area contributed by atoms with E-state index in [9.17, 15) is 10.1 Å². The molecule has 4 rings (SSSR count). The number of carbonyl (C=O) groups excluding carboxylic acids is 1. The number of rotatable bonds is 9. The number of aryl methyl sites for hydroxylation is 1. The topological polar surface area (TPSA) is 89.2 Å². The van der Waals surface area contributed by atoms with Gasteiger partial charge in [-0.2, -0.15) is 10.4 Å². The normalized spacial score (nSPS) is 11.0. The molecule has 0 spiro atoms. The molecule has 4 aromatic rings. The summed E-state index contributed by atoms with van der Waals surface area (Å²) in [5.41, 5.74) is 4.55. The predicted octanol–water partition coefficient (Wildman–Crippen LogP) is 6.19. The van der Waals surface area contributed by atoms with Crippen LogP contribution in [-0.4, -0.2) is 28.9 Å². The first-order valence-electron chi connectivity index (χ1n) is 12.1. The van der Waals surface area contributed by atoms with Crippen molar-refractivity contribution in [3.05, 3.63) is 95.7 Å². The molecule has 0 fully saturated rings. The SMILES string of the molecule is CCOc1ccc(NC(=O)C(C#N)=Cc2cn(-c3ccccc3)nc2-c2ccc(OCC)cc2C)cc1. The molecule has 0 aliphatic carbocycles. The van der Waals surface area contributed by atoms with Crippen LogP contribution < -0.4 is 14.8 Å². The van der Waals surface area contributed by atoms with Crippen molar-refractivity contribution in [1.82, 2.24) is 9.78 Å². The highest BCUT2D eigenvalue weighted by molar-refractivity contribution is 6.10. The van der Waals surface area contributed by atoms with Gasteiger partial charge < -0.3 is 14.8 Å². The van der Waals surface area contributed by atoms with E-state index in [1.807, 2.05) is 81.6 Å². The molecular weight excluding hydrogens is 464 g/mol. The van der Waals surface area contributed by atoms with Gasteiger partial charge in [-0.15, -0.1) is 0 Å². The zero-order valence-electron chi connectivity index (χ0n) is 21.1. The first-order chi connectivity index (χ1) is 18.0. The standard InChI is InChI=1S/C30H28N4O3/c1-4-36-26-13-11-24(12-14-26)32-30(35)22(19-31)18-23-20-34(25-9-7-6-8-10-25)33-29(23)28-16-15-27(37-5-2)17-21(28)3/h6-18,20H,4-5H2,1-3H3,(H,32,35). The largest absolute Gasteiger partial charge is 0.494 e. The van der Waals surface area contributed by atoms with Gasteiger partial charge in [0.2, 0.25) is 0 Å². The maximum absolute atomic E-state index is 13.0. The zero-order valence-corrected chi connectivity index (χ0v) is 21.1. The number of nitriles is 1. The average molecular weight is 493 g/mol. The van der Waals surface area contributed by atoms with Gasteiger partial charge in [-0.3, -0.25) is 4.79 Å². The van der Waals surface area contributed by atoms with Crippen molar-refractivity contribution < 1.29 is 14.3 Å². The Kier molecular flexibility index (Phi) is 8.01. The zero-order chi connectivity index (χ0) is 26.2. The molecule has 0 aliphatic rings. The van der Waals surface area contributed by atoms with Gasteiger partial charge in [0.25, 0.3) is 5.91 Å². The Morgan fingerprint density at radius 3 is 2.32 bits per heavy atom. The van der Waals surface area contributed by atoms with Crippen LogP contribution in [0.5, 0.6) is 11.5 Å². The minimum Gasteiger partial charge on any atom is -0.494 e. The molecule has 0 saturated heterocycles. The molecule has 1 heterocycles. The first kappa shape index (κ1) is 25.3. The fourth-order valence-corrected chi connectivity index (χ4v) is 3.88. The quantitative estimate of drug-likeness (QED) is 0.222. The number of nitrogens with one attached hydrogen (secondary N) is 1. The third-order valence-corrected chi connectivity index (χ3v) is 5.62. The van der Waals surface area contributed by atoms with Gasteiger partial charge in [0, 0.05) is 23.0 Å². The second-order valence-electron chi connectivity index (χ2n) is 8.20. The number of carbonyl (C=O) groups is 1. The molecule has 1 amide bonds. The van der Waals surface area contributed by atoms with Crippen LogP contribution in [0.2, 0.25) is 0 Å². The maximum atomic E-state index is 13.0. The summed E-state index contributed by atoms with van der Waals surface area (Å²) in [6, 6.07) is 24.5. The van der Waals surface area contributed by atoms with Crippen molar-refractivity contribution in [3.8, 4) is 34.5 Å². The molecule has 0 atom stereocenters. The highest BCUT2D eigenvalue weighted by Crippen LogP contribution is 2.31. The lowest BCUT2D eigenvalue weighted by Gasteiger charge is -2.09. The van der Waals surface area contributed by atoms with E-state index in [1.54, 1.807) is 35.0 Å². The number of nitrogens with zero attached hydrogens (tertiary/aromatic N) is 3.